The summed E-state index contributed by atoms with van der Waals surface area (Å²) in [7, 11) is 1.71. The van der Waals surface area contributed by atoms with Gasteiger partial charge in [-0.1, -0.05) is 43.1 Å². The van der Waals surface area contributed by atoms with Crippen LogP contribution in [-0.2, 0) is 0 Å². The summed E-state index contributed by atoms with van der Waals surface area (Å²) in [5.41, 5.74) is 6.05. The van der Waals surface area contributed by atoms with Gasteiger partial charge in [0.15, 0.2) is 0 Å². The van der Waals surface area contributed by atoms with Gasteiger partial charge in [-0.15, -0.1) is 5.10 Å². The molecule has 0 radical (unpaired) electrons. The van der Waals surface area contributed by atoms with Crippen LogP contribution in [0.25, 0.3) is 5.69 Å². The Morgan fingerprint density at radius 3 is 2.46 bits per heavy atom. The molecule has 0 fully saturated rings. The second-order valence-corrected chi connectivity index (χ2v) is 7.31. The molecule has 0 saturated carbocycles. The van der Waals surface area contributed by atoms with Crippen molar-refractivity contribution in [3.05, 3.63) is 39.9 Å². The number of aryl methyl sites for hydroxylation is 1. The largest absolute Gasteiger partial charge is 0.338 e. The monoisotopic (exact) mass is 369 g/mol. The van der Waals surface area contributed by atoms with E-state index in [1.807, 2.05) is 13.8 Å². The molecule has 1 heterocycles. The Kier molecular flexibility index (Phi) is 5.52. The molecule has 2 rings (SSSR count). The number of hydrogen-bond donors (Lipinski definition) is 1. The highest BCUT2D eigenvalue weighted by Crippen LogP contribution is 2.28. The number of rotatable bonds is 5. The van der Waals surface area contributed by atoms with Gasteiger partial charge in [0.05, 0.1) is 10.0 Å². The molecule has 1 amide bonds. The van der Waals surface area contributed by atoms with Crippen LogP contribution in [-0.4, -0.2) is 45.7 Å². The van der Waals surface area contributed by atoms with Gasteiger partial charge in [-0.05, 0) is 31.0 Å². The summed E-state index contributed by atoms with van der Waals surface area (Å²) in [6, 6.07) is 5.16. The topological polar surface area (TPSA) is 77.0 Å². The maximum Gasteiger partial charge on any atom is 0.293 e. The molecule has 0 aliphatic rings. The second-order valence-electron chi connectivity index (χ2n) is 6.49. The van der Waals surface area contributed by atoms with E-state index in [1.54, 1.807) is 37.1 Å². The van der Waals surface area contributed by atoms with Crippen molar-refractivity contribution in [1.82, 2.24) is 19.7 Å². The van der Waals surface area contributed by atoms with Crippen LogP contribution in [0.2, 0.25) is 10.0 Å². The van der Waals surface area contributed by atoms with E-state index in [0.29, 0.717) is 34.6 Å². The van der Waals surface area contributed by atoms with Crippen LogP contribution in [0.4, 0.5) is 0 Å². The summed E-state index contributed by atoms with van der Waals surface area (Å²) in [5, 5.41) is 5.17. The molecule has 24 heavy (non-hydrogen) atoms. The van der Waals surface area contributed by atoms with Crippen molar-refractivity contribution in [3.8, 4) is 5.69 Å². The molecular formula is C16H21Cl2N5O. The molecule has 1 aromatic carbocycles. The van der Waals surface area contributed by atoms with Crippen molar-refractivity contribution >= 4 is 29.1 Å². The Morgan fingerprint density at radius 1 is 1.33 bits per heavy atom. The van der Waals surface area contributed by atoms with Gasteiger partial charge in [0.25, 0.3) is 5.91 Å². The number of benzene rings is 1. The lowest BCUT2D eigenvalue weighted by molar-refractivity contribution is 0.0728. The third kappa shape index (κ3) is 3.88. The SMILES string of the molecule is Cc1nc(C(=O)N(C)CC(C)(C)CN)nn1-c1c(Cl)cccc1Cl. The maximum absolute atomic E-state index is 12.6. The highest BCUT2D eigenvalue weighted by molar-refractivity contribution is 6.37. The lowest BCUT2D eigenvalue weighted by atomic mass is 9.93. The Labute approximate surface area is 151 Å². The predicted octanol–water partition coefficient (Wildman–Crippen LogP) is 2.94. The molecule has 130 valence electrons. The zero-order valence-electron chi connectivity index (χ0n) is 14.2. The molecule has 2 aromatic rings. The number of aromatic nitrogens is 3. The number of nitrogens with zero attached hydrogens (tertiary/aromatic N) is 4. The summed E-state index contributed by atoms with van der Waals surface area (Å²) in [5.74, 6) is 0.347. The normalized spacial score (nSPS) is 11.6. The minimum absolute atomic E-state index is 0.0961. The van der Waals surface area contributed by atoms with Crippen molar-refractivity contribution in [3.63, 3.8) is 0 Å². The molecule has 0 atom stereocenters. The van der Waals surface area contributed by atoms with Crippen LogP contribution in [0.15, 0.2) is 18.2 Å². The first-order valence-corrected chi connectivity index (χ1v) is 8.25. The Morgan fingerprint density at radius 2 is 1.92 bits per heavy atom. The smallest absolute Gasteiger partial charge is 0.293 e. The van der Waals surface area contributed by atoms with Crippen molar-refractivity contribution < 1.29 is 4.79 Å². The van der Waals surface area contributed by atoms with Crippen LogP contribution in [0.1, 0.15) is 30.3 Å². The van der Waals surface area contributed by atoms with Crippen LogP contribution in [0.5, 0.6) is 0 Å². The van der Waals surface area contributed by atoms with E-state index in [0.717, 1.165) is 0 Å². The van der Waals surface area contributed by atoms with Crippen LogP contribution in [0, 0.1) is 12.3 Å². The Balaban J connectivity index is 2.34. The minimum Gasteiger partial charge on any atom is -0.338 e. The van der Waals surface area contributed by atoms with Crippen molar-refractivity contribution in [1.29, 1.82) is 0 Å². The quantitative estimate of drug-likeness (QED) is 0.878. The molecule has 0 unspecified atom stereocenters. The molecule has 0 bridgehead atoms. The number of para-hydroxylation sites is 1. The second kappa shape index (κ2) is 7.09. The van der Waals surface area contributed by atoms with E-state index in [-0.39, 0.29) is 17.1 Å². The zero-order valence-corrected chi connectivity index (χ0v) is 15.7. The third-order valence-corrected chi connectivity index (χ3v) is 4.28. The van der Waals surface area contributed by atoms with Crippen LogP contribution >= 0.6 is 23.2 Å². The van der Waals surface area contributed by atoms with Crippen molar-refractivity contribution in [2.24, 2.45) is 11.1 Å². The molecular weight excluding hydrogens is 349 g/mol. The standard InChI is InChI=1S/C16H21Cl2N5O/c1-10-20-14(15(24)22(4)9-16(2,3)8-19)21-23(10)13-11(17)6-5-7-12(13)18/h5-7H,8-9,19H2,1-4H3. The first-order valence-electron chi connectivity index (χ1n) is 7.50. The fourth-order valence-electron chi connectivity index (χ4n) is 2.33. The van der Waals surface area contributed by atoms with E-state index in [2.05, 4.69) is 10.1 Å². The van der Waals surface area contributed by atoms with Gasteiger partial charge in [0.2, 0.25) is 5.82 Å². The third-order valence-electron chi connectivity index (χ3n) is 3.67. The number of carbonyl (C=O) groups is 1. The van der Waals surface area contributed by atoms with Crippen molar-refractivity contribution in [2.45, 2.75) is 20.8 Å². The molecule has 0 aliphatic heterocycles. The average molecular weight is 370 g/mol. The van der Waals surface area contributed by atoms with E-state index in [1.165, 1.54) is 4.68 Å². The molecule has 6 nitrogen and oxygen atoms in total. The van der Waals surface area contributed by atoms with E-state index in [9.17, 15) is 4.79 Å². The molecule has 0 spiro atoms. The lowest BCUT2D eigenvalue weighted by Gasteiger charge is -2.28. The minimum atomic E-state index is -0.276. The maximum atomic E-state index is 12.6. The number of nitrogens with two attached hydrogens (primary N) is 1. The summed E-state index contributed by atoms with van der Waals surface area (Å²) in [4.78, 5) is 18.4. The number of halogens is 2. The van der Waals surface area contributed by atoms with Crippen molar-refractivity contribution in [2.75, 3.05) is 20.1 Å². The van der Waals surface area contributed by atoms with Gasteiger partial charge in [0.1, 0.15) is 11.5 Å². The Bertz CT molecular complexity index is 737. The first kappa shape index (κ1) is 18.7. The molecule has 0 aliphatic carbocycles. The molecule has 0 saturated heterocycles. The highest BCUT2D eigenvalue weighted by Gasteiger charge is 2.25. The van der Waals surface area contributed by atoms with Gasteiger partial charge in [-0.2, -0.15) is 0 Å². The summed E-state index contributed by atoms with van der Waals surface area (Å²) in [6.45, 7) is 6.71. The molecule has 8 heteroatoms. The summed E-state index contributed by atoms with van der Waals surface area (Å²) >= 11 is 12.4. The molecule has 2 N–H and O–H groups in total. The van der Waals surface area contributed by atoms with Gasteiger partial charge in [-0.3, -0.25) is 4.79 Å². The van der Waals surface area contributed by atoms with E-state index >= 15 is 0 Å². The van der Waals surface area contributed by atoms with Gasteiger partial charge in [0, 0.05) is 13.6 Å². The predicted molar refractivity (Wildman–Crippen MR) is 95.9 cm³/mol. The highest BCUT2D eigenvalue weighted by atomic mass is 35.5. The van der Waals surface area contributed by atoms with Gasteiger partial charge >= 0.3 is 0 Å². The van der Waals surface area contributed by atoms with E-state index < -0.39 is 0 Å². The zero-order chi connectivity index (χ0) is 18.1. The number of carbonyl (C=O) groups excluding carboxylic acids is 1. The fraction of sp³-hybridized carbons (Fsp3) is 0.438. The number of hydrogen-bond acceptors (Lipinski definition) is 4. The summed E-state index contributed by atoms with van der Waals surface area (Å²) in [6.07, 6.45) is 0. The summed E-state index contributed by atoms with van der Waals surface area (Å²) < 4.78 is 1.49. The van der Waals surface area contributed by atoms with Gasteiger partial charge in [-0.25, -0.2) is 9.67 Å². The fourth-order valence-corrected chi connectivity index (χ4v) is 2.89. The van der Waals surface area contributed by atoms with Gasteiger partial charge < -0.3 is 10.6 Å². The Hall–Kier alpha value is -1.63. The van der Waals surface area contributed by atoms with E-state index in [4.69, 9.17) is 28.9 Å². The first-order chi connectivity index (χ1) is 11.2. The average Bonchev–Trinajstić information content (AvgIpc) is 2.88. The lowest BCUT2D eigenvalue weighted by Crippen LogP contribution is -2.40. The van der Waals surface area contributed by atoms with Crippen LogP contribution < -0.4 is 5.73 Å². The molecule has 1 aromatic heterocycles. The number of amides is 1. The van der Waals surface area contributed by atoms with Crippen LogP contribution in [0.3, 0.4) is 0 Å².